The van der Waals surface area contributed by atoms with Gasteiger partial charge in [0, 0.05) is 17.7 Å². The third-order valence-corrected chi connectivity index (χ3v) is 6.60. The van der Waals surface area contributed by atoms with E-state index in [1.807, 2.05) is 48.5 Å². The van der Waals surface area contributed by atoms with Crippen LogP contribution in [0.5, 0.6) is 11.5 Å². The van der Waals surface area contributed by atoms with Crippen LogP contribution in [0.15, 0.2) is 78.0 Å². The highest BCUT2D eigenvalue weighted by Gasteiger charge is 2.38. The number of anilines is 2. The first-order valence-corrected chi connectivity index (χ1v) is 11.5. The summed E-state index contributed by atoms with van der Waals surface area (Å²) >= 11 is 0. The number of carbonyl (C=O) groups is 1. The molecule has 2 aliphatic rings. The van der Waals surface area contributed by atoms with Gasteiger partial charge in [-0.3, -0.25) is 4.79 Å². The van der Waals surface area contributed by atoms with Crippen molar-refractivity contribution in [3.63, 3.8) is 0 Å². The molecule has 0 amide bonds. The molecule has 0 spiro atoms. The average Bonchev–Trinajstić information content (AvgIpc) is 2.91. The van der Waals surface area contributed by atoms with Crippen molar-refractivity contribution < 1.29 is 9.53 Å². The van der Waals surface area contributed by atoms with Gasteiger partial charge in [-0.2, -0.15) is 0 Å². The number of aryl methyl sites for hydroxylation is 2. The summed E-state index contributed by atoms with van der Waals surface area (Å²) < 4.78 is 6.10. The Morgan fingerprint density at radius 1 is 0.848 bits per heavy atom. The van der Waals surface area contributed by atoms with Crippen LogP contribution in [-0.4, -0.2) is 5.78 Å². The summed E-state index contributed by atoms with van der Waals surface area (Å²) in [5, 5.41) is 7.33. The average molecular weight is 439 g/mol. The molecule has 0 saturated heterocycles. The van der Waals surface area contributed by atoms with Crippen LogP contribution in [0, 0.1) is 19.3 Å². The van der Waals surface area contributed by atoms with Crippen LogP contribution in [0.3, 0.4) is 0 Å². The summed E-state index contributed by atoms with van der Waals surface area (Å²) in [7, 11) is 0. The quantitative estimate of drug-likeness (QED) is 0.450. The van der Waals surface area contributed by atoms with Gasteiger partial charge < -0.3 is 15.4 Å². The minimum atomic E-state index is -0.251. The number of para-hydroxylation sites is 1. The van der Waals surface area contributed by atoms with E-state index in [-0.39, 0.29) is 17.2 Å². The van der Waals surface area contributed by atoms with Crippen LogP contribution >= 0.6 is 0 Å². The van der Waals surface area contributed by atoms with Crippen LogP contribution in [0.25, 0.3) is 0 Å². The Hall–Kier alpha value is -3.53. The number of fused-ring (bicyclic) bond motifs is 1. The molecule has 1 aliphatic heterocycles. The molecule has 0 fully saturated rings. The first-order valence-electron chi connectivity index (χ1n) is 11.5. The van der Waals surface area contributed by atoms with Gasteiger partial charge in [0.15, 0.2) is 5.78 Å². The molecule has 0 radical (unpaired) electrons. The largest absolute Gasteiger partial charge is 0.457 e. The van der Waals surface area contributed by atoms with Crippen LogP contribution in [0.2, 0.25) is 0 Å². The highest BCUT2D eigenvalue weighted by Crippen LogP contribution is 2.46. The van der Waals surface area contributed by atoms with Crippen molar-refractivity contribution in [1.82, 2.24) is 0 Å². The molecule has 1 unspecified atom stereocenters. The van der Waals surface area contributed by atoms with Crippen molar-refractivity contribution >= 4 is 17.2 Å². The standard InChI is InChI=1S/C29H30N2O2/c1-18-13-23-24(14-19(18)2)31-28(27-25(30-23)16-29(3,4)17-26(27)32)20-9-8-12-22(15-20)33-21-10-6-5-7-11-21/h5-15,28,30-31H,16-17H2,1-4H3. The van der Waals surface area contributed by atoms with Gasteiger partial charge in [0.25, 0.3) is 0 Å². The van der Waals surface area contributed by atoms with Crippen molar-refractivity contribution in [3.05, 3.63) is 94.7 Å². The van der Waals surface area contributed by atoms with E-state index in [4.69, 9.17) is 4.74 Å². The van der Waals surface area contributed by atoms with Crippen molar-refractivity contribution in [3.8, 4) is 11.5 Å². The molecule has 4 nitrogen and oxygen atoms in total. The van der Waals surface area contributed by atoms with Gasteiger partial charge in [-0.15, -0.1) is 0 Å². The Morgan fingerprint density at radius 3 is 2.30 bits per heavy atom. The van der Waals surface area contributed by atoms with Crippen molar-refractivity contribution in [2.24, 2.45) is 5.41 Å². The third-order valence-electron chi connectivity index (χ3n) is 6.60. The zero-order valence-corrected chi connectivity index (χ0v) is 19.7. The first kappa shape index (κ1) is 21.3. The summed E-state index contributed by atoms with van der Waals surface area (Å²) in [6, 6.07) is 21.9. The van der Waals surface area contributed by atoms with E-state index in [0.717, 1.165) is 46.1 Å². The molecule has 5 rings (SSSR count). The minimum absolute atomic E-state index is 0.0734. The fourth-order valence-corrected chi connectivity index (χ4v) is 4.84. The second kappa shape index (κ2) is 8.11. The normalized spacial score (nSPS) is 19.0. The van der Waals surface area contributed by atoms with Gasteiger partial charge in [0.1, 0.15) is 11.5 Å². The van der Waals surface area contributed by atoms with Gasteiger partial charge in [0.2, 0.25) is 0 Å². The van der Waals surface area contributed by atoms with Gasteiger partial charge in [-0.1, -0.05) is 44.2 Å². The topological polar surface area (TPSA) is 50.4 Å². The van der Waals surface area contributed by atoms with E-state index in [2.05, 4.69) is 56.5 Å². The van der Waals surface area contributed by atoms with Crippen LogP contribution < -0.4 is 15.4 Å². The van der Waals surface area contributed by atoms with Gasteiger partial charge in [-0.05, 0) is 78.8 Å². The summed E-state index contributed by atoms with van der Waals surface area (Å²) in [4.78, 5) is 13.5. The summed E-state index contributed by atoms with van der Waals surface area (Å²) in [6.07, 6.45) is 1.37. The molecule has 0 bridgehead atoms. The van der Waals surface area contributed by atoms with Gasteiger partial charge >= 0.3 is 0 Å². The number of allylic oxidation sites excluding steroid dienone is 1. The van der Waals surface area contributed by atoms with E-state index in [9.17, 15) is 4.79 Å². The molecule has 1 heterocycles. The van der Waals surface area contributed by atoms with E-state index in [1.165, 1.54) is 11.1 Å². The molecule has 3 aromatic rings. The lowest BCUT2D eigenvalue weighted by molar-refractivity contribution is -0.118. The predicted octanol–water partition coefficient (Wildman–Crippen LogP) is 7.32. The summed E-state index contributed by atoms with van der Waals surface area (Å²) in [6.45, 7) is 8.57. The molecule has 168 valence electrons. The maximum atomic E-state index is 13.5. The molecular weight excluding hydrogens is 408 g/mol. The van der Waals surface area contributed by atoms with E-state index in [0.29, 0.717) is 6.42 Å². The Balaban J connectivity index is 1.60. The molecule has 3 aromatic carbocycles. The fourth-order valence-electron chi connectivity index (χ4n) is 4.84. The van der Waals surface area contributed by atoms with Crippen molar-refractivity contribution in [2.75, 3.05) is 10.6 Å². The first-order chi connectivity index (χ1) is 15.8. The highest BCUT2D eigenvalue weighted by molar-refractivity contribution is 6.01. The molecular formula is C29H30N2O2. The van der Waals surface area contributed by atoms with Gasteiger partial charge in [-0.25, -0.2) is 0 Å². The van der Waals surface area contributed by atoms with Crippen LogP contribution in [-0.2, 0) is 4.79 Å². The monoisotopic (exact) mass is 438 g/mol. The molecule has 2 N–H and O–H groups in total. The predicted molar refractivity (Wildman–Crippen MR) is 134 cm³/mol. The van der Waals surface area contributed by atoms with E-state index in [1.54, 1.807) is 0 Å². The Kier molecular flexibility index (Phi) is 5.24. The number of hydrogen-bond donors (Lipinski definition) is 2. The van der Waals surface area contributed by atoms with E-state index < -0.39 is 0 Å². The lowest BCUT2D eigenvalue weighted by Crippen LogP contribution is -2.31. The van der Waals surface area contributed by atoms with Crippen molar-refractivity contribution in [1.29, 1.82) is 0 Å². The SMILES string of the molecule is Cc1cc2c(cc1C)NC(c1cccc(Oc3ccccc3)c1)C1=C(CC(C)(C)CC1=O)N2. The molecule has 1 atom stereocenters. The summed E-state index contributed by atoms with van der Waals surface area (Å²) in [5.74, 6) is 1.74. The Labute approximate surface area is 195 Å². The van der Waals surface area contributed by atoms with Crippen LogP contribution in [0.1, 0.15) is 49.4 Å². The Morgan fingerprint density at radius 2 is 1.55 bits per heavy atom. The lowest BCUT2D eigenvalue weighted by atomic mass is 9.73. The number of hydrogen-bond acceptors (Lipinski definition) is 4. The Bertz CT molecular complexity index is 1260. The number of ether oxygens (including phenoxy) is 1. The van der Waals surface area contributed by atoms with Crippen molar-refractivity contribution in [2.45, 2.75) is 46.6 Å². The molecule has 0 aromatic heterocycles. The summed E-state index contributed by atoms with van der Waals surface area (Å²) in [5.41, 5.74) is 7.26. The highest BCUT2D eigenvalue weighted by atomic mass is 16.5. The van der Waals surface area contributed by atoms with Crippen LogP contribution in [0.4, 0.5) is 11.4 Å². The van der Waals surface area contributed by atoms with Gasteiger partial charge in [0.05, 0.1) is 17.4 Å². The smallest absolute Gasteiger partial charge is 0.163 e. The second-order valence-corrected chi connectivity index (χ2v) is 10.0. The zero-order chi connectivity index (χ0) is 23.2. The molecule has 33 heavy (non-hydrogen) atoms. The molecule has 0 saturated carbocycles. The number of nitrogens with one attached hydrogen (secondary N) is 2. The molecule has 1 aliphatic carbocycles. The maximum absolute atomic E-state index is 13.5. The van der Waals surface area contributed by atoms with E-state index >= 15 is 0 Å². The number of benzene rings is 3. The number of carbonyl (C=O) groups excluding carboxylic acids is 1. The minimum Gasteiger partial charge on any atom is -0.457 e. The molecule has 4 heteroatoms. The third kappa shape index (κ3) is 4.25. The fraction of sp³-hybridized carbons (Fsp3) is 0.276. The second-order valence-electron chi connectivity index (χ2n) is 10.0. The maximum Gasteiger partial charge on any atom is 0.163 e. The lowest BCUT2D eigenvalue weighted by Gasteiger charge is -2.34. The zero-order valence-electron chi connectivity index (χ0n) is 19.7. The number of Topliss-reactive ketones (excluding diaryl/α,β-unsaturated/α-hetero) is 1. The number of rotatable bonds is 3. The number of ketones is 1.